The predicted molar refractivity (Wildman–Crippen MR) is 130 cm³/mol. The van der Waals surface area contributed by atoms with Crippen LogP contribution in [0.1, 0.15) is 56.9 Å². The van der Waals surface area contributed by atoms with Gasteiger partial charge < -0.3 is 15.1 Å². The minimum absolute atomic E-state index is 0.457. The number of aromatic nitrogens is 4. The van der Waals surface area contributed by atoms with Crippen LogP contribution in [0.4, 0.5) is 11.8 Å². The Labute approximate surface area is 193 Å². The fourth-order valence-corrected chi connectivity index (χ4v) is 5.31. The number of anilines is 2. The van der Waals surface area contributed by atoms with Crippen molar-refractivity contribution in [1.29, 1.82) is 0 Å². The van der Waals surface area contributed by atoms with Crippen molar-refractivity contribution < 1.29 is 4.42 Å². The average Bonchev–Trinajstić information content (AvgIpc) is 3.62. The Hall–Kier alpha value is -3.35. The molecule has 2 saturated carbocycles. The van der Waals surface area contributed by atoms with Gasteiger partial charge in [0.05, 0.1) is 23.0 Å². The second-order valence-corrected chi connectivity index (χ2v) is 9.38. The lowest BCUT2D eigenvalue weighted by molar-refractivity contribution is 0.578. The second kappa shape index (κ2) is 8.54. The smallest absolute Gasteiger partial charge is 0.223 e. The number of nitrogens with zero attached hydrogens (tertiary/aromatic N) is 4. The van der Waals surface area contributed by atoms with Crippen molar-refractivity contribution in [3.63, 3.8) is 0 Å². The third kappa shape index (κ3) is 3.86. The van der Waals surface area contributed by atoms with E-state index in [0.717, 1.165) is 39.6 Å². The Morgan fingerprint density at radius 3 is 2.42 bits per heavy atom. The molecule has 2 N–H and O–H groups in total. The number of pyridine rings is 1. The van der Waals surface area contributed by atoms with Gasteiger partial charge >= 0.3 is 0 Å². The Balaban J connectivity index is 1.48. The van der Waals surface area contributed by atoms with E-state index in [1.807, 2.05) is 22.8 Å². The molecule has 2 aliphatic rings. The number of nitrogens with one attached hydrogen (secondary N) is 2. The van der Waals surface area contributed by atoms with Crippen LogP contribution in [0.3, 0.4) is 0 Å². The fraction of sp³-hybridized carbons (Fsp3) is 0.423. The first-order chi connectivity index (χ1) is 16.3. The lowest BCUT2D eigenvalue weighted by Crippen LogP contribution is -2.17. The van der Waals surface area contributed by atoms with Gasteiger partial charge in [-0.05, 0) is 62.4 Å². The van der Waals surface area contributed by atoms with E-state index >= 15 is 0 Å². The molecule has 6 rings (SSSR count). The summed E-state index contributed by atoms with van der Waals surface area (Å²) in [6.45, 7) is 2.05. The Kier molecular flexibility index (Phi) is 5.24. The molecular weight excluding hydrogens is 412 g/mol. The molecule has 33 heavy (non-hydrogen) atoms. The first-order valence-electron chi connectivity index (χ1n) is 12.2. The van der Waals surface area contributed by atoms with Crippen molar-refractivity contribution in [2.45, 2.75) is 70.4 Å². The molecule has 7 heteroatoms. The zero-order valence-electron chi connectivity index (χ0n) is 19.1. The van der Waals surface area contributed by atoms with Crippen molar-refractivity contribution in [2.75, 3.05) is 10.6 Å². The van der Waals surface area contributed by atoms with Gasteiger partial charge in [-0.2, -0.15) is 5.10 Å². The highest BCUT2D eigenvalue weighted by molar-refractivity contribution is 5.91. The average molecular weight is 443 g/mol. The van der Waals surface area contributed by atoms with Gasteiger partial charge in [0.2, 0.25) is 5.95 Å². The third-order valence-electron chi connectivity index (χ3n) is 7.04. The third-order valence-corrected chi connectivity index (χ3v) is 7.04. The molecular formula is C26H30N6O. The molecule has 2 aliphatic carbocycles. The molecule has 0 aromatic carbocycles. The van der Waals surface area contributed by atoms with E-state index in [1.165, 1.54) is 51.4 Å². The van der Waals surface area contributed by atoms with E-state index in [-0.39, 0.29) is 0 Å². The number of hydrogen-bond acceptors (Lipinski definition) is 6. The van der Waals surface area contributed by atoms with Crippen LogP contribution in [0.2, 0.25) is 0 Å². The molecule has 0 saturated heterocycles. The maximum Gasteiger partial charge on any atom is 0.223 e. The van der Waals surface area contributed by atoms with Crippen LogP contribution < -0.4 is 10.6 Å². The zero-order valence-corrected chi connectivity index (χ0v) is 19.1. The topological polar surface area (TPSA) is 80.3 Å². The quantitative estimate of drug-likeness (QED) is 0.377. The molecule has 0 radical (unpaired) electrons. The molecule has 0 unspecified atom stereocenters. The standard InChI is InChI=1S/C26H30N6O/c1-17-14-16-33-25(17)24-23(20-13-15-27-26(30-20)29-19-9-4-5-10-19)21-11-6-12-22(32(21)31-24)28-18-7-2-3-8-18/h6,11-16,18-19,28H,2-5,7-10H2,1H3,(H,27,29,30). The molecule has 0 bridgehead atoms. The van der Waals surface area contributed by atoms with Crippen molar-refractivity contribution in [2.24, 2.45) is 0 Å². The first-order valence-corrected chi connectivity index (χ1v) is 12.2. The molecule has 170 valence electrons. The highest BCUT2D eigenvalue weighted by Gasteiger charge is 2.24. The van der Waals surface area contributed by atoms with Crippen LogP contribution in [0.5, 0.6) is 0 Å². The van der Waals surface area contributed by atoms with Crippen molar-refractivity contribution in [3.8, 4) is 22.7 Å². The van der Waals surface area contributed by atoms with Gasteiger partial charge in [-0.25, -0.2) is 14.5 Å². The van der Waals surface area contributed by atoms with Crippen molar-refractivity contribution in [1.82, 2.24) is 19.6 Å². The van der Waals surface area contributed by atoms with Crippen molar-refractivity contribution in [3.05, 3.63) is 48.4 Å². The van der Waals surface area contributed by atoms with E-state index in [1.54, 1.807) is 6.26 Å². The molecule has 0 spiro atoms. The van der Waals surface area contributed by atoms with Crippen LogP contribution in [0, 0.1) is 6.92 Å². The van der Waals surface area contributed by atoms with Crippen LogP contribution in [0.25, 0.3) is 28.2 Å². The van der Waals surface area contributed by atoms with Gasteiger partial charge in [0.1, 0.15) is 11.5 Å². The summed E-state index contributed by atoms with van der Waals surface area (Å²) in [7, 11) is 0. The molecule has 7 nitrogen and oxygen atoms in total. The fourth-order valence-electron chi connectivity index (χ4n) is 5.31. The second-order valence-electron chi connectivity index (χ2n) is 9.38. The highest BCUT2D eigenvalue weighted by Crippen LogP contribution is 2.38. The maximum absolute atomic E-state index is 5.90. The first kappa shape index (κ1) is 20.3. The maximum atomic E-state index is 5.90. The summed E-state index contributed by atoms with van der Waals surface area (Å²) in [6.07, 6.45) is 13.4. The molecule has 4 heterocycles. The molecule has 0 amide bonds. The summed E-state index contributed by atoms with van der Waals surface area (Å²) in [6, 6.07) is 11.2. The summed E-state index contributed by atoms with van der Waals surface area (Å²) in [5, 5.41) is 12.3. The largest absolute Gasteiger partial charge is 0.462 e. The number of rotatable bonds is 6. The van der Waals surface area contributed by atoms with Crippen molar-refractivity contribution >= 4 is 17.3 Å². The Morgan fingerprint density at radius 2 is 1.70 bits per heavy atom. The molecule has 0 aliphatic heterocycles. The lowest BCUT2D eigenvalue weighted by atomic mass is 10.1. The molecule has 0 atom stereocenters. The number of aryl methyl sites for hydroxylation is 1. The number of hydrogen-bond donors (Lipinski definition) is 2. The number of fused-ring (bicyclic) bond motifs is 1. The summed E-state index contributed by atoms with van der Waals surface area (Å²) in [4.78, 5) is 9.43. The van der Waals surface area contributed by atoms with Gasteiger partial charge in [-0.15, -0.1) is 0 Å². The van der Waals surface area contributed by atoms with E-state index in [4.69, 9.17) is 14.5 Å². The molecule has 4 aromatic rings. The minimum atomic E-state index is 0.457. The molecule has 2 fully saturated rings. The highest BCUT2D eigenvalue weighted by atomic mass is 16.3. The number of furan rings is 1. The predicted octanol–water partition coefficient (Wildman–Crippen LogP) is 6.07. The Morgan fingerprint density at radius 1 is 0.939 bits per heavy atom. The van der Waals surface area contributed by atoms with Gasteiger partial charge in [-0.3, -0.25) is 0 Å². The summed E-state index contributed by atoms with van der Waals surface area (Å²) in [5.74, 6) is 2.47. The van der Waals surface area contributed by atoms with Gasteiger partial charge in [0, 0.05) is 18.3 Å². The summed E-state index contributed by atoms with van der Waals surface area (Å²) >= 11 is 0. The SMILES string of the molecule is Cc1ccoc1-c1nn2c(NC3CCCC3)cccc2c1-c1ccnc(NC2CCCC2)n1. The van der Waals surface area contributed by atoms with Gasteiger partial charge in [0.25, 0.3) is 0 Å². The van der Waals surface area contributed by atoms with Crippen LogP contribution in [0.15, 0.2) is 47.2 Å². The zero-order chi connectivity index (χ0) is 22.2. The minimum Gasteiger partial charge on any atom is -0.462 e. The van der Waals surface area contributed by atoms with Gasteiger partial charge in [-0.1, -0.05) is 31.7 Å². The summed E-state index contributed by atoms with van der Waals surface area (Å²) < 4.78 is 7.91. The summed E-state index contributed by atoms with van der Waals surface area (Å²) in [5.41, 5.74) is 4.70. The van der Waals surface area contributed by atoms with E-state index < -0.39 is 0 Å². The normalized spacial score (nSPS) is 17.2. The van der Waals surface area contributed by atoms with E-state index in [2.05, 4.69) is 40.7 Å². The van der Waals surface area contributed by atoms with Gasteiger partial charge in [0.15, 0.2) is 5.76 Å². The molecule has 4 aromatic heterocycles. The van der Waals surface area contributed by atoms with Crippen LogP contribution >= 0.6 is 0 Å². The van der Waals surface area contributed by atoms with Crippen LogP contribution in [-0.2, 0) is 0 Å². The van der Waals surface area contributed by atoms with E-state index in [9.17, 15) is 0 Å². The van der Waals surface area contributed by atoms with E-state index in [0.29, 0.717) is 18.0 Å². The lowest BCUT2D eigenvalue weighted by Gasteiger charge is -2.14. The monoisotopic (exact) mass is 442 g/mol. The Bertz CT molecular complexity index is 1260. The van der Waals surface area contributed by atoms with Crippen LogP contribution in [-0.4, -0.2) is 31.7 Å².